The number of nitrogens with one attached hydrogen (secondary N) is 1. The van der Waals surface area contributed by atoms with Crippen molar-refractivity contribution in [3.63, 3.8) is 0 Å². The number of nitrogens with zero attached hydrogens (tertiary/aromatic N) is 3. The molecule has 1 atom stereocenters. The van der Waals surface area contributed by atoms with Crippen LogP contribution in [-0.2, 0) is 11.8 Å². The molecule has 0 aliphatic heterocycles. The van der Waals surface area contributed by atoms with E-state index >= 15 is 0 Å². The molecule has 2 aromatic rings. The molecule has 2 rings (SSSR count). The van der Waals surface area contributed by atoms with Crippen LogP contribution in [0, 0.1) is 0 Å². The maximum atomic E-state index is 12.7. The number of urea groups is 1. The van der Waals surface area contributed by atoms with Gasteiger partial charge in [-0.1, -0.05) is 25.5 Å². The zero-order valence-corrected chi connectivity index (χ0v) is 16.0. The fourth-order valence-corrected chi connectivity index (χ4v) is 2.88. The Kier molecular flexibility index (Phi) is 7.15. The molecule has 1 aromatic carbocycles. The van der Waals surface area contributed by atoms with E-state index in [-0.39, 0.29) is 17.6 Å². The Labute approximate surface area is 154 Å². The van der Waals surface area contributed by atoms with Crippen LogP contribution in [0.3, 0.4) is 0 Å². The van der Waals surface area contributed by atoms with Crippen molar-refractivity contribution in [2.24, 2.45) is 7.05 Å². The molecule has 0 fully saturated rings. The van der Waals surface area contributed by atoms with E-state index in [1.54, 1.807) is 25.1 Å². The Morgan fingerprint density at radius 1 is 1.38 bits per heavy atom. The van der Waals surface area contributed by atoms with Crippen molar-refractivity contribution >= 4 is 16.9 Å². The van der Waals surface area contributed by atoms with Gasteiger partial charge in [0.05, 0.1) is 23.6 Å². The van der Waals surface area contributed by atoms with Crippen molar-refractivity contribution in [1.82, 2.24) is 19.8 Å². The molecule has 1 aromatic heterocycles. The highest BCUT2D eigenvalue weighted by Crippen LogP contribution is 2.19. The van der Waals surface area contributed by atoms with E-state index in [2.05, 4.69) is 17.2 Å². The number of hydrogen-bond donors (Lipinski definition) is 1. The van der Waals surface area contributed by atoms with Crippen molar-refractivity contribution in [3.05, 3.63) is 40.4 Å². The van der Waals surface area contributed by atoms with Crippen molar-refractivity contribution in [3.8, 4) is 0 Å². The van der Waals surface area contributed by atoms with Gasteiger partial charge in [-0.15, -0.1) is 0 Å². The predicted octanol–water partition coefficient (Wildman–Crippen LogP) is 2.45. The van der Waals surface area contributed by atoms with Crippen molar-refractivity contribution in [2.75, 3.05) is 26.8 Å². The summed E-state index contributed by atoms with van der Waals surface area (Å²) in [7, 11) is 3.29. The summed E-state index contributed by atoms with van der Waals surface area (Å²) >= 11 is 0. The monoisotopic (exact) mass is 360 g/mol. The lowest BCUT2D eigenvalue weighted by molar-refractivity contribution is 0.129. The van der Waals surface area contributed by atoms with Crippen LogP contribution in [0.25, 0.3) is 10.9 Å². The highest BCUT2D eigenvalue weighted by molar-refractivity contribution is 5.78. The van der Waals surface area contributed by atoms with Crippen LogP contribution in [0.1, 0.15) is 38.6 Å². The maximum absolute atomic E-state index is 12.7. The number of fused-ring (bicyclic) bond motifs is 1. The molecule has 0 spiro atoms. The van der Waals surface area contributed by atoms with E-state index < -0.39 is 0 Å². The minimum Gasteiger partial charge on any atom is -0.383 e. The van der Waals surface area contributed by atoms with Crippen LogP contribution in [0.2, 0.25) is 0 Å². The number of carbonyl (C=O) groups excluding carboxylic acids is 1. The maximum Gasteiger partial charge on any atom is 0.318 e. The predicted molar refractivity (Wildman–Crippen MR) is 102 cm³/mol. The Morgan fingerprint density at radius 3 is 2.81 bits per heavy atom. The smallest absolute Gasteiger partial charge is 0.318 e. The third-order valence-electron chi connectivity index (χ3n) is 4.46. The average molecular weight is 360 g/mol. The second kappa shape index (κ2) is 9.33. The number of methoxy groups -OCH3 is 1. The number of para-hydroxylation sites is 1. The minimum atomic E-state index is -0.367. The standard InChI is InChI=1S/C19H28N4O3/c1-5-6-11-20-19(25)23(12-13-26-4)14(2)17-21-16-10-8-7-9-15(16)18(24)22(17)3/h7-10,14H,5-6,11-13H2,1-4H3,(H,20,25). The first-order valence-electron chi connectivity index (χ1n) is 9.00. The molecular formula is C19H28N4O3. The second-order valence-corrected chi connectivity index (χ2v) is 6.30. The van der Waals surface area contributed by atoms with Gasteiger partial charge >= 0.3 is 6.03 Å². The van der Waals surface area contributed by atoms with Gasteiger partial charge < -0.3 is 15.0 Å². The summed E-state index contributed by atoms with van der Waals surface area (Å²) in [5.74, 6) is 0.551. The van der Waals surface area contributed by atoms with E-state index in [4.69, 9.17) is 4.74 Å². The van der Waals surface area contributed by atoms with Crippen LogP contribution in [0.15, 0.2) is 29.1 Å². The molecule has 0 bridgehead atoms. The number of carbonyl (C=O) groups is 1. The van der Waals surface area contributed by atoms with Crippen LogP contribution in [0.4, 0.5) is 4.79 Å². The molecule has 1 heterocycles. The molecule has 26 heavy (non-hydrogen) atoms. The molecule has 0 aliphatic rings. The summed E-state index contributed by atoms with van der Waals surface area (Å²) in [4.78, 5) is 31.6. The van der Waals surface area contributed by atoms with Gasteiger partial charge in [-0.05, 0) is 25.5 Å². The van der Waals surface area contributed by atoms with Crippen LogP contribution >= 0.6 is 0 Å². The highest BCUT2D eigenvalue weighted by Gasteiger charge is 2.25. The summed E-state index contributed by atoms with van der Waals surface area (Å²) in [6.07, 6.45) is 1.93. The van der Waals surface area contributed by atoms with Crippen molar-refractivity contribution in [2.45, 2.75) is 32.7 Å². The molecule has 142 valence electrons. The van der Waals surface area contributed by atoms with Crippen molar-refractivity contribution in [1.29, 1.82) is 0 Å². The Bertz CT molecular complexity index is 803. The number of unbranched alkanes of at least 4 members (excludes halogenated alkanes) is 1. The second-order valence-electron chi connectivity index (χ2n) is 6.30. The van der Waals surface area contributed by atoms with Gasteiger partial charge in [0.15, 0.2) is 0 Å². The first kappa shape index (κ1) is 19.9. The first-order chi connectivity index (χ1) is 12.5. The summed E-state index contributed by atoms with van der Waals surface area (Å²) in [6.45, 7) is 5.40. The number of amides is 2. The fraction of sp³-hybridized carbons (Fsp3) is 0.526. The Balaban J connectivity index is 2.36. The Hall–Kier alpha value is -2.41. The first-order valence-corrected chi connectivity index (χ1v) is 9.00. The lowest BCUT2D eigenvalue weighted by atomic mass is 10.2. The average Bonchev–Trinajstić information content (AvgIpc) is 2.65. The van der Waals surface area contributed by atoms with Gasteiger partial charge in [0.2, 0.25) is 0 Å². The van der Waals surface area contributed by atoms with Crippen molar-refractivity contribution < 1.29 is 9.53 Å². The number of rotatable bonds is 8. The number of aromatic nitrogens is 2. The van der Waals surface area contributed by atoms with Gasteiger partial charge in [0, 0.05) is 27.2 Å². The quantitative estimate of drug-likeness (QED) is 0.734. The van der Waals surface area contributed by atoms with Crippen LogP contribution in [0.5, 0.6) is 0 Å². The van der Waals surface area contributed by atoms with Gasteiger partial charge in [0.25, 0.3) is 5.56 Å². The minimum absolute atomic E-state index is 0.115. The number of benzene rings is 1. The van der Waals surface area contributed by atoms with Gasteiger partial charge in [-0.25, -0.2) is 9.78 Å². The molecule has 0 saturated carbocycles. The highest BCUT2D eigenvalue weighted by atomic mass is 16.5. The summed E-state index contributed by atoms with van der Waals surface area (Å²) in [6, 6.07) is 6.70. The zero-order chi connectivity index (χ0) is 19.1. The molecule has 1 unspecified atom stereocenters. The topological polar surface area (TPSA) is 76.5 Å². The molecule has 0 radical (unpaired) electrons. The third kappa shape index (κ3) is 4.40. The molecule has 0 aliphatic carbocycles. The normalized spacial score (nSPS) is 12.2. The van der Waals surface area contributed by atoms with Gasteiger partial charge in [0.1, 0.15) is 5.82 Å². The summed E-state index contributed by atoms with van der Waals surface area (Å²) < 4.78 is 6.67. The lowest BCUT2D eigenvalue weighted by Crippen LogP contribution is -2.44. The van der Waals surface area contributed by atoms with Crippen LogP contribution in [-0.4, -0.2) is 47.3 Å². The molecule has 2 amide bonds. The molecule has 7 heteroatoms. The fourth-order valence-electron chi connectivity index (χ4n) is 2.88. The van der Waals surface area contributed by atoms with Gasteiger partial charge in [-0.3, -0.25) is 9.36 Å². The largest absolute Gasteiger partial charge is 0.383 e. The molecule has 1 N–H and O–H groups in total. The van der Waals surface area contributed by atoms with E-state index in [1.807, 2.05) is 25.1 Å². The van der Waals surface area contributed by atoms with E-state index in [9.17, 15) is 9.59 Å². The molecule has 0 saturated heterocycles. The zero-order valence-electron chi connectivity index (χ0n) is 16.0. The summed E-state index contributed by atoms with van der Waals surface area (Å²) in [5, 5.41) is 3.50. The number of ether oxygens (including phenoxy) is 1. The summed E-state index contributed by atoms with van der Waals surface area (Å²) in [5.41, 5.74) is 0.520. The molecule has 7 nitrogen and oxygen atoms in total. The van der Waals surface area contributed by atoms with Gasteiger partial charge in [-0.2, -0.15) is 0 Å². The van der Waals surface area contributed by atoms with E-state index in [1.165, 1.54) is 4.57 Å². The number of hydrogen-bond acceptors (Lipinski definition) is 4. The molecular weight excluding hydrogens is 332 g/mol. The lowest BCUT2D eigenvalue weighted by Gasteiger charge is -2.29. The van der Waals surface area contributed by atoms with Crippen LogP contribution < -0.4 is 10.9 Å². The van der Waals surface area contributed by atoms with E-state index in [0.29, 0.717) is 36.4 Å². The third-order valence-corrected chi connectivity index (χ3v) is 4.46. The Morgan fingerprint density at radius 2 is 2.12 bits per heavy atom. The SMILES string of the molecule is CCCCNC(=O)N(CCOC)C(C)c1nc2ccccc2c(=O)n1C. The van der Waals surface area contributed by atoms with E-state index in [0.717, 1.165) is 12.8 Å².